The summed E-state index contributed by atoms with van der Waals surface area (Å²) in [4.78, 5) is 12.5. The minimum Gasteiger partial charge on any atom is -0.341 e. The van der Waals surface area contributed by atoms with E-state index in [1.54, 1.807) is 19.0 Å². The van der Waals surface area contributed by atoms with Crippen LogP contribution in [0.25, 0.3) is 0 Å². The van der Waals surface area contributed by atoms with Gasteiger partial charge in [0.25, 0.3) is 0 Å². The first-order chi connectivity index (χ1) is 4.72. The number of urea groups is 1. The second kappa shape index (κ2) is 5.53. The van der Waals surface area contributed by atoms with Gasteiger partial charge in [0.1, 0.15) is 0 Å². The van der Waals surface area contributed by atoms with E-state index in [1.807, 2.05) is 0 Å². The smallest absolute Gasteiger partial charge is 0.316 e. The van der Waals surface area contributed by atoms with Gasteiger partial charge in [-0.2, -0.15) is 0 Å². The lowest BCUT2D eigenvalue weighted by molar-refractivity contribution is 0.211. The van der Waals surface area contributed by atoms with Gasteiger partial charge in [0, 0.05) is 26.0 Å². The molecule has 0 aliphatic heterocycles. The van der Waals surface area contributed by atoms with Crippen LogP contribution in [0.4, 0.5) is 4.79 Å². The molecule has 10 heavy (non-hydrogen) atoms. The number of alkyl halides is 1. The van der Waals surface area contributed by atoms with Gasteiger partial charge in [0.15, 0.2) is 0 Å². The fraction of sp³-hybridized carbons (Fsp3) is 0.833. The molecule has 4 heteroatoms. The van der Waals surface area contributed by atoms with Gasteiger partial charge in [0.05, 0.1) is 0 Å². The number of carbonyl (C=O) groups is 1. The molecule has 2 amide bonds. The summed E-state index contributed by atoms with van der Waals surface area (Å²) in [6.07, 6.45) is 0.990. The third-order valence-corrected chi connectivity index (χ3v) is 1.75. The van der Waals surface area contributed by atoms with Gasteiger partial charge in [-0.05, 0) is 6.42 Å². The maximum Gasteiger partial charge on any atom is 0.316 e. The molecule has 0 rings (SSSR count). The molecule has 0 radical (unpaired) electrons. The molecule has 0 saturated carbocycles. The third-order valence-electron chi connectivity index (χ3n) is 1.19. The zero-order chi connectivity index (χ0) is 7.98. The van der Waals surface area contributed by atoms with E-state index in [0.717, 1.165) is 18.3 Å². The molecular weight excluding hydrogens is 196 g/mol. The molecule has 3 nitrogen and oxygen atoms in total. The van der Waals surface area contributed by atoms with E-state index in [9.17, 15) is 4.79 Å². The monoisotopic (exact) mass is 208 g/mol. The number of hydrogen-bond donors (Lipinski definition) is 1. The van der Waals surface area contributed by atoms with Crippen LogP contribution in [-0.2, 0) is 0 Å². The zero-order valence-corrected chi connectivity index (χ0v) is 7.94. The minimum absolute atomic E-state index is 0.0269. The van der Waals surface area contributed by atoms with Crippen molar-refractivity contribution in [1.82, 2.24) is 10.2 Å². The zero-order valence-electron chi connectivity index (χ0n) is 6.35. The average Bonchev–Trinajstić information content (AvgIpc) is 1.98. The van der Waals surface area contributed by atoms with Crippen LogP contribution in [0.1, 0.15) is 6.42 Å². The molecule has 60 valence electrons. The summed E-state index contributed by atoms with van der Waals surface area (Å²) in [7, 11) is 3.41. The number of hydrogen-bond acceptors (Lipinski definition) is 1. The standard InChI is InChI=1S/C6H13BrN2O/c1-8-6(10)9(2)5-3-4-7/h3-5H2,1-2H3,(H,8,10). The Kier molecular flexibility index (Phi) is 5.39. The molecule has 0 spiro atoms. The Hall–Kier alpha value is -0.250. The second-order valence-corrected chi connectivity index (χ2v) is 2.81. The van der Waals surface area contributed by atoms with Crippen molar-refractivity contribution < 1.29 is 4.79 Å². The van der Waals surface area contributed by atoms with Crippen molar-refractivity contribution in [3.05, 3.63) is 0 Å². The predicted octanol–water partition coefficient (Wildman–Crippen LogP) is 1.04. The fourth-order valence-corrected chi connectivity index (χ4v) is 0.840. The molecule has 1 N–H and O–H groups in total. The van der Waals surface area contributed by atoms with Crippen LogP contribution in [0, 0.1) is 0 Å². The maximum absolute atomic E-state index is 10.8. The first-order valence-corrected chi connectivity index (χ1v) is 4.33. The molecule has 0 aliphatic rings. The normalized spacial score (nSPS) is 9.10. The second-order valence-electron chi connectivity index (χ2n) is 2.02. The Morgan fingerprint density at radius 1 is 1.70 bits per heavy atom. The summed E-state index contributed by atoms with van der Waals surface area (Å²) < 4.78 is 0. The van der Waals surface area contributed by atoms with E-state index in [4.69, 9.17) is 0 Å². The Morgan fingerprint density at radius 2 is 2.30 bits per heavy atom. The number of amides is 2. The van der Waals surface area contributed by atoms with Crippen molar-refractivity contribution in [3.63, 3.8) is 0 Å². The highest BCUT2D eigenvalue weighted by molar-refractivity contribution is 9.09. The third kappa shape index (κ3) is 3.71. The van der Waals surface area contributed by atoms with Crippen LogP contribution in [0.5, 0.6) is 0 Å². The number of halogens is 1. The van der Waals surface area contributed by atoms with Gasteiger partial charge >= 0.3 is 6.03 Å². The first kappa shape index (κ1) is 9.75. The van der Waals surface area contributed by atoms with Gasteiger partial charge in [-0.15, -0.1) is 0 Å². The van der Waals surface area contributed by atoms with E-state index in [-0.39, 0.29) is 6.03 Å². The van der Waals surface area contributed by atoms with Crippen molar-refractivity contribution in [2.75, 3.05) is 26.0 Å². The molecule has 0 unspecified atom stereocenters. The summed E-state index contributed by atoms with van der Waals surface area (Å²) in [5.74, 6) is 0. The van der Waals surface area contributed by atoms with Gasteiger partial charge < -0.3 is 10.2 Å². The number of nitrogens with one attached hydrogen (secondary N) is 1. The highest BCUT2D eigenvalue weighted by Crippen LogP contribution is 1.91. The van der Waals surface area contributed by atoms with E-state index in [0.29, 0.717) is 0 Å². The lowest BCUT2D eigenvalue weighted by Gasteiger charge is -2.14. The summed E-state index contributed by atoms with van der Waals surface area (Å²) in [6, 6.07) is -0.0269. The van der Waals surface area contributed by atoms with E-state index < -0.39 is 0 Å². The highest BCUT2D eigenvalue weighted by Gasteiger charge is 2.02. The number of carbonyl (C=O) groups excluding carboxylic acids is 1. The van der Waals surface area contributed by atoms with Crippen molar-refractivity contribution in [2.45, 2.75) is 6.42 Å². The lowest BCUT2D eigenvalue weighted by Crippen LogP contribution is -2.35. The molecule has 0 aromatic carbocycles. The molecule has 0 aromatic heterocycles. The SMILES string of the molecule is CNC(=O)N(C)CCCBr. The topological polar surface area (TPSA) is 32.3 Å². The van der Waals surface area contributed by atoms with Crippen molar-refractivity contribution in [2.24, 2.45) is 0 Å². The van der Waals surface area contributed by atoms with E-state index >= 15 is 0 Å². The number of rotatable bonds is 3. The summed E-state index contributed by atoms with van der Waals surface area (Å²) in [5.41, 5.74) is 0. The Bertz CT molecular complexity index is 108. The quantitative estimate of drug-likeness (QED) is 0.692. The molecule has 0 aliphatic carbocycles. The minimum atomic E-state index is -0.0269. The van der Waals surface area contributed by atoms with Gasteiger partial charge in [-0.3, -0.25) is 0 Å². The molecular formula is C6H13BrN2O. The van der Waals surface area contributed by atoms with Gasteiger partial charge in [-0.1, -0.05) is 15.9 Å². The van der Waals surface area contributed by atoms with Crippen molar-refractivity contribution in [1.29, 1.82) is 0 Å². The van der Waals surface area contributed by atoms with Crippen LogP contribution < -0.4 is 5.32 Å². The molecule has 0 atom stereocenters. The van der Waals surface area contributed by atoms with E-state index in [2.05, 4.69) is 21.2 Å². The van der Waals surface area contributed by atoms with Crippen LogP contribution in [0.15, 0.2) is 0 Å². The van der Waals surface area contributed by atoms with Crippen LogP contribution in [0.2, 0.25) is 0 Å². The van der Waals surface area contributed by atoms with Crippen LogP contribution in [0.3, 0.4) is 0 Å². The van der Waals surface area contributed by atoms with Gasteiger partial charge in [0.2, 0.25) is 0 Å². The molecule has 0 heterocycles. The lowest BCUT2D eigenvalue weighted by atomic mass is 10.4. The Labute approximate surface area is 69.9 Å². The van der Waals surface area contributed by atoms with Crippen molar-refractivity contribution >= 4 is 22.0 Å². The summed E-state index contributed by atoms with van der Waals surface area (Å²) in [6.45, 7) is 0.797. The number of nitrogens with zero attached hydrogens (tertiary/aromatic N) is 1. The molecule has 0 aromatic rings. The Balaban J connectivity index is 3.41. The largest absolute Gasteiger partial charge is 0.341 e. The highest BCUT2D eigenvalue weighted by atomic mass is 79.9. The van der Waals surface area contributed by atoms with Gasteiger partial charge in [-0.25, -0.2) is 4.79 Å². The summed E-state index contributed by atoms with van der Waals surface area (Å²) >= 11 is 3.29. The molecule has 0 fully saturated rings. The maximum atomic E-state index is 10.8. The Morgan fingerprint density at radius 3 is 2.70 bits per heavy atom. The average molecular weight is 209 g/mol. The molecule has 0 saturated heterocycles. The van der Waals surface area contributed by atoms with E-state index in [1.165, 1.54) is 0 Å². The van der Waals surface area contributed by atoms with Crippen LogP contribution >= 0.6 is 15.9 Å². The first-order valence-electron chi connectivity index (χ1n) is 3.21. The fourth-order valence-electron chi connectivity index (χ4n) is 0.589. The predicted molar refractivity (Wildman–Crippen MR) is 45.5 cm³/mol. The van der Waals surface area contributed by atoms with Crippen LogP contribution in [-0.4, -0.2) is 36.9 Å². The molecule has 0 bridgehead atoms. The van der Waals surface area contributed by atoms with Crippen molar-refractivity contribution in [3.8, 4) is 0 Å². The summed E-state index contributed by atoms with van der Waals surface area (Å²) in [5, 5.41) is 3.48.